The summed E-state index contributed by atoms with van der Waals surface area (Å²) in [6.45, 7) is 5.14. The number of benzene rings is 3. The number of amides is 2. The van der Waals surface area contributed by atoms with Crippen molar-refractivity contribution in [2.24, 2.45) is 0 Å². The first-order valence-electron chi connectivity index (χ1n) is 11.7. The smallest absolute Gasteiger partial charge is 0.264 e. The molecule has 0 aliphatic rings. The Morgan fingerprint density at radius 2 is 1.62 bits per heavy atom. The summed E-state index contributed by atoms with van der Waals surface area (Å²) in [6, 6.07) is 18.7. The molecule has 0 bridgehead atoms. The van der Waals surface area contributed by atoms with E-state index < -0.39 is 28.5 Å². The third-order valence-corrected chi connectivity index (χ3v) is 8.29. The van der Waals surface area contributed by atoms with E-state index in [9.17, 15) is 18.0 Å². The van der Waals surface area contributed by atoms with Crippen molar-refractivity contribution >= 4 is 50.7 Å². The van der Waals surface area contributed by atoms with Crippen molar-refractivity contribution in [3.05, 3.63) is 94.0 Å². The van der Waals surface area contributed by atoms with Gasteiger partial charge in [0.1, 0.15) is 12.6 Å². The summed E-state index contributed by atoms with van der Waals surface area (Å²) >= 11 is 12.3. The monoisotopic (exact) mass is 561 g/mol. The maximum absolute atomic E-state index is 13.8. The van der Waals surface area contributed by atoms with Crippen molar-refractivity contribution < 1.29 is 18.0 Å². The molecule has 196 valence electrons. The molecule has 0 saturated heterocycles. The number of halogens is 2. The quantitative estimate of drug-likeness (QED) is 0.375. The van der Waals surface area contributed by atoms with Crippen LogP contribution in [0.15, 0.2) is 77.7 Å². The van der Waals surface area contributed by atoms with E-state index in [1.807, 2.05) is 0 Å². The lowest BCUT2D eigenvalue weighted by Crippen LogP contribution is -2.51. The Kier molecular flexibility index (Phi) is 9.59. The first-order valence-corrected chi connectivity index (χ1v) is 13.9. The Morgan fingerprint density at radius 1 is 0.973 bits per heavy atom. The summed E-state index contributed by atoms with van der Waals surface area (Å²) in [5, 5.41) is 3.63. The Labute approximate surface area is 228 Å². The zero-order valence-corrected chi connectivity index (χ0v) is 23.1. The van der Waals surface area contributed by atoms with Crippen molar-refractivity contribution in [1.82, 2.24) is 10.2 Å². The van der Waals surface area contributed by atoms with Crippen molar-refractivity contribution in [1.29, 1.82) is 0 Å². The molecule has 3 aromatic carbocycles. The van der Waals surface area contributed by atoms with Gasteiger partial charge in [-0.2, -0.15) is 0 Å². The molecule has 0 radical (unpaired) electrons. The molecular formula is C27H29Cl2N3O4S. The van der Waals surface area contributed by atoms with E-state index in [2.05, 4.69) is 5.32 Å². The van der Waals surface area contributed by atoms with Crippen molar-refractivity contribution in [3.8, 4) is 0 Å². The second-order valence-corrected chi connectivity index (χ2v) is 11.2. The van der Waals surface area contributed by atoms with E-state index in [-0.39, 0.29) is 23.0 Å². The molecular weight excluding hydrogens is 533 g/mol. The largest absolute Gasteiger partial charge is 0.355 e. The molecule has 0 saturated carbocycles. The second-order valence-electron chi connectivity index (χ2n) is 8.48. The molecule has 37 heavy (non-hydrogen) atoms. The predicted molar refractivity (Wildman–Crippen MR) is 147 cm³/mol. The maximum atomic E-state index is 13.8. The minimum absolute atomic E-state index is 0.0283. The number of nitrogens with zero attached hydrogens (tertiary/aromatic N) is 2. The highest BCUT2D eigenvalue weighted by atomic mass is 35.5. The van der Waals surface area contributed by atoms with Gasteiger partial charge in [0.25, 0.3) is 10.0 Å². The third kappa shape index (κ3) is 7.03. The molecule has 7 nitrogen and oxygen atoms in total. The minimum Gasteiger partial charge on any atom is -0.355 e. The van der Waals surface area contributed by atoms with Crippen LogP contribution < -0.4 is 9.62 Å². The molecule has 2 amide bonds. The molecule has 0 spiro atoms. The third-order valence-electron chi connectivity index (χ3n) is 5.84. The van der Waals surface area contributed by atoms with Gasteiger partial charge in [0.05, 0.1) is 10.6 Å². The molecule has 1 N–H and O–H groups in total. The van der Waals surface area contributed by atoms with E-state index in [1.54, 1.807) is 75.4 Å². The SMILES string of the molecule is CCNC(=O)[C@@H](C)N(Cc1ccc(Cl)cc1)C(=O)CN(c1ccc(C)c(Cl)c1)S(=O)(=O)c1ccccc1. The molecule has 1 atom stereocenters. The van der Waals surface area contributed by atoms with Crippen molar-refractivity contribution in [2.45, 2.75) is 38.3 Å². The van der Waals surface area contributed by atoms with Gasteiger partial charge in [-0.3, -0.25) is 13.9 Å². The number of aryl methyl sites for hydroxylation is 1. The lowest BCUT2D eigenvalue weighted by Gasteiger charge is -2.32. The van der Waals surface area contributed by atoms with Gasteiger partial charge in [-0.15, -0.1) is 0 Å². The zero-order valence-electron chi connectivity index (χ0n) is 20.8. The fourth-order valence-corrected chi connectivity index (χ4v) is 5.40. The highest BCUT2D eigenvalue weighted by Gasteiger charge is 2.32. The molecule has 10 heteroatoms. The number of hydrogen-bond acceptors (Lipinski definition) is 4. The fraction of sp³-hybridized carbons (Fsp3) is 0.259. The maximum Gasteiger partial charge on any atom is 0.264 e. The minimum atomic E-state index is -4.14. The van der Waals surface area contributed by atoms with Crippen LogP contribution in [0.2, 0.25) is 10.0 Å². The second kappa shape index (κ2) is 12.4. The standard InChI is InChI=1S/C27H29Cl2N3O4S/c1-4-30-27(34)20(3)31(17-21-11-13-22(28)14-12-21)26(33)18-32(23-15-10-19(2)25(29)16-23)37(35,36)24-8-6-5-7-9-24/h5-16,20H,4,17-18H2,1-3H3,(H,30,34)/t20-/m1/s1. The van der Waals surface area contributed by atoms with Gasteiger partial charge in [-0.1, -0.05) is 59.6 Å². The van der Waals surface area contributed by atoms with Crippen LogP contribution in [0.1, 0.15) is 25.0 Å². The summed E-state index contributed by atoms with van der Waals surface area (Å²) < 4.78 is 28.4. The van der Waals surface area contributed by atoms with Crippen LogP contribution in [0.5, 0.6) is 0 Å². The number of hydrogen-bond donors (Lipinski definition) is 1. The zero-order chi connectivity index (χ0) is 27.2. The van der Waals surface area contributed by atoms with E-state index in [0.717, 1.165) is 15.4 Å². The first kappa shape index (κ1) is 28.5. The molecule has 0 heterocycles. The van der Waals surface area contributed by atoms with Crippen LogP contribution >= 0.6 is 23.2 Å². The Hall–Kier alpha value is -3.07. The highest BCUT2D eigenvalue weighted by molar-refractivity contribution is 7.92. The van der Waals surface area contributed by atoms with Crippen molar-refractivity contribution in [3.63, 3.8) is 0 Å². The van der Waals surface area contributed by atoms with Gasteiger partial charge >= 0.3 is 0 Å². The molecule has 0 fully saturated rings. The van der Waals surface area contributed by atoms with Crippen LogP contribution in [0.4, 0.5) is 5.69 Å². The van der Waals surface area contributed by atoms with Gasteiger partial charge in [-0.05, 0) is 68.3 Å². The lowest BCUT2D eigenvalue weighted by atomic mass is 10.1. The number of nitrogens with one attached hydrogen (secondary N) is 1. The average Bonchev–Trinajstić information content (AvgIpc) is 2.88. The summed E-state index contributed by atoms with van der Waals surface area (Å²) in [7, 11) is -4.14. The average molecular weight is 563 g/mol. The molecule has 0 aliphatic heterocycles. The van der Waals surface area contributed by atoms with E-state index >= 15 is 0 Å². The molecule has 3 rings (SSSR count). The van der Waals surface area contributed by atoms with Crippen LogP contribution in [0.25, 0.3) is 0 Å². The van der Waals surface area contributed by atoms with Crippen LogP contribution in [-0.2, 0) is 26.2 Å². The van der Waals surface area contributed by atoms with E-state index in [1.165, 1.54) is 23.1 Å². The van der Waals surface area contributed by atoms with Crippen LogP contribution in [0.3, 0.4) is 0 Å². The number of carbonyl (C=O) groups excluding carboxylic acids is 2. The highest BCUT2D eigenvalue weighted by Crippen LogP contribution is 2.28. The van der Waals surface area contributed by atoms with Crippen LogP contribution in [-0.4, -0.2) is 44.3 Å². The van der Waals surface area contributed by atoms with Gasteiger partial charge in [0.15, 0.2) is 0 Å². The number of rotatable bonds is 10. The normalized spacial score (nSPS) is 12.0. The molecule has 3 aromatic rings. The molecule has 0 aromatic heterocycles. The fourth-order valence-electron chi connectivity index (χ4n) is 3.68. The Morgan fingerprint density at radius 3 is 2.22 bits per heavy atom. The van der Waals surface area contributed by atoms with Gasteiger partial charge in [0, 0.05) is 23.1 Å². The number of sulfonamides is 1. The predicted octanol–water partition coefficient (Wildman–Crippen LogP) is 5.05. The molecule has 0 unspecified atom stereocenters. The topological polar surface area (TPSA) is 86.8 Å². The number of anilines is 1. The Bertz CT molecular complexity index is 1350. The number of likely N-dealkylation sites (N-methyl/N-ethyl adjacent to an activating group) is 1. The lowest BCUT2D eigenvalue weighted by molar-refractivity contribution is -0.139. The van der Waals surface area contributed by atoms with E-state index in [4.69, 9.17) is 23.2 Å². The van der Waals surface area contributed by atoms with Crippen molar-refractivity contribution in [2.75, 3.05) is 17.4 Å². The summed E-state index contributed by atoms with van der Waals surface area (Å²) in [5.74, 6) is -0.898. The summed E-state index contributed by atoms with van der Waals surface area (Å²) in [6.07, 6.45) is 0. The number of carbonyl (C=O) groups is 2. The van der Waals surface area contributed by atoms with Gasteiger partial charge < -0.3 is 10.2 Å². The Balaban J connectivity index is 2.03. The summed E-state index contributed by atoms with van der Waals surface area (Å²) in [4.78, 5) is 27.9. The van der Waals surface area contributed by atoms with E-state index in [0.29, 0.717) is 16.6 Å². The van der Waals surface area contributed by atoms with Gasteiger partial charge in [-0.25, -0.2) is 8.42 Å². The summed E-state index contributed by atoms with van der Waals surface area (Å²) in [5.41, 5.74) is 1.75. The van der Waals surface area contributed by atoms with Crippen LogP contribution in [0, 0.1) is 6.92 Å². The molecule has 0 aliphatic carbocycles. The first-order chi connectivity index (χ1) is 17.5. The van der Waals surface area contributed by atoms with Gasteiger partial charge in [0.2, 0.25) is 11.8 Å².